The number of rotatable bonds is 8. The van der Waals surface area contributed by atoms with Crippen LogP contribution in [0, 0.1) is 0 Å². The van der Waals surface area contributed by atoms with Gasteiger partial charge < -0.3 is 19.7 Å². The van der Waals surface area contributed by atoms with E-state index in [2.05, 4.69) is 12.1 Å². The average Bonchev–Trinajstić information content (AvgIpc) is 2.48. The summed E-state index contributed by atoms with van der Waals surface area (Å²) in [7, 11) is 0. The minimum Gasteiger partial charge on any atom is -0.486 e. The van der Waals surface area contributed by atoms with Crippen molar-refractivity contribution in [2.45, 2.75) is 38.5 Å². The molecule has 1 heterocycles. The lowest BCUT2D eigenvalue weighted by molar-refractivity contribution is 0.171. The molecule has 0 aliphatic carbocycles. The summed E-state index contributed by atoms with van der Waals surface area (Å²) in [5, 5.41) is 17.8. The quantitative estimate of drug-likeness (QED) is 0.716. The van der Waals surface area contributed by atoms with Gasteiger partial charge in [-0.15, -0.1) is 0 Å². The molecule has 2 rings (SSSR count). The van der Waals surface area contributed by atoms with Gasteiger partial charge in [0.2, 0.25) is 0 Å². The van der Waals surface area contributed by atoms with Crippen molar-refractivity contribution in [1.29, 1.82) is 0 Å². The third-order valence-corrected chi connectivity index (χ3v) is 3.57. The number of benzene rings is 1. The van der Waals surface area contributed by atoms with Crippen molar-refractivity contribution in [2.24, 2.45) is 0 Å². The number of unbranched alkanes of at least 4 members (excludes halogenated alkanes) is 2. The fourth-order valence-corrected chi connectivity index (χ4v) is 2.49. The molecule has 1 aliphatic rings. The molecule has 0 aromatic heterocycles. The summed E-state index contributed by atoms with van der Waals surface area (Å²) in [6, 6.07) is 4.17. The number of aryl methyl sites for hydroxylation is 2. The van der Waals surface area contributed by atoms with Crippen LogP contribution in [0.15, 0.2) is 12.1 Å². The van der Waals surface area contributed by atoms with Crippen LogP contribution in [0.1, 0.15) is 36.8 Å². The van der Waals surface area contributed by atoms with Crippen LogP contribution in [0.2, 0.25) is 0 Å². The summed E-state index contributed by atoms with van der Waals surface area (Å²) in [6.45, 7) is 1.69. The molecule has 0 atom stereocenters. The Kier molecular flexibility index (Phi) is 6.15. The van der Waals surface area contributed by atoms with Crippen LogP contribution < -0.4 is 9.47 Å². The molecule has 4 nitrogen and oxygen atoms in total. The zero-order valence-corrected chi connectivity index (χ0v) is 11.9. The molecule has 1 aromatic carbocycles. The van der Waals surface area contributed by atoms with Crippen molar-refractivity contribution in [3.8, 4) is 11.5 Å². The third kappa shape index (κ3) is 4.12. The molecule has 0 unspecified atom stereocenters. The standard InChI is InChI=1S/C16H24O4/c17-7-3-1-5-13-11-15-16(20-10-9-19-15)12-14(13)6-2-4-8-18/h11-12,17-18H,1-10H2. The third-order valence-electron chi connectivity index (χ3n) is 3.57. The van der Waals surface area contributed by atoms with E-state index in [0.717, 1.165) is 50.0 Å². The molecular weight excluding hydrogens is 256 g/mol. The van der Waals surface area contributed by atoms with Crippen LogP contribution in [-0.2, 0) is 12.8 Å². The highest BCUT2D eigenvalue weighted by atomic mass is 16.6. The summed E-state index contributed by atoms with van der Waals surface area (Å²) in [4.78, 5) is 0. The van der Waals surface area contributed by atoms with E-state index in [4.69, 9.17) is 19.7 Å². The summed E-state index contributed by atoms with van der Waals surface area (Å²) in [6.07, 6.45) is 5.50. The zero-order valence-electron chi connectivity index (χ0n) is 11.9. The Labute approximate surface area is 120 Å². The lowest BCUT2D eigenvalue weighted by Crippen LogP contribution is -2.16. The highest BCUT2D eigenvalue weighted by molar-refractivity contribution is 5.48. The molecule has 112 valence electrons. The Hall–Kier alpha value is -1.26. The van der Waals surface area contributed by atoms with Crippen LogP contribution >= 0.6 is 0 Å². The van der Waals surface area contributed by atoms with Crippen molar-refractivity contribution in [3.05, 3.63) is 23.3 Å². The molecule has 0 saturated carbocycles. The molecule has 0 bridgehead atoms. The van der Waals surface area contributed by atoms with E-state index >= 15 is 0 Å². The van der Waals surface area contributed by atoms with Crippen molar-refractivity contribution >= 4 is 0 Å². The molecule has 1 aliphatic heterocycles. The Morgan fingerprint density at radius 1 is 0.750 bits per heavy atom. The monoisotopic (exact) mass is 280 g/mol. The molecular formula is C16H24O4. The van der Waals surface area contributed by atoms with Gasteiger partial charge in [-0.25, -0.2) is 0 Å². The van der Waals surface area contributed by atoms with Crippen molar-refractivity contribution in [2.75, 3.05) is 26.4 Å². The van der Waals surface area contributed by atoms with Crippen LogP contribution in [-0.4, -0.2) is 36.6 Å². The summed E-state index contributed by atoms with van der Waals surface area (Å²) in [5.41, 5.74) is 2.56. The van der Waals surface area contributed by atoms with Gasteiger partial charge in [0.1, 0.15) is 13.2 Å². The second-order valence-electron chi connectivity index (χ2n) is 5.13. The highest BCUT2D eigenvalue weighted by Crippen LogP contribution is 2.34. The van der Waals surface area contributed by atoms with Gasteiger partial charge >= 0.3 is 0 Å². The van der Waals surface area contributed by atoms with Gasteiger partial charge in [-0.1, -0.05) is 0 Å². The SMILES string of the molecule is OCCCCc1cc2c(cc1CCCCO)OCCO2. The average molecular weight is 280 g/mol. The van der Waals surface area contributed by atoms with E-state index in [-0.39, 0.29) is 13.2 Å². The second kappa shape index (κ2) is 8.12. The van der Waals surface area contributed by atoms with Crippen LogP contribution in [0.4, 0.5) is 0 Å². The first-order valence-electron chi connectivity index (χ1n) is 7.48. The van der Waals surface area contributed by atoms with E-state index in [0.29, 0.717) is 13.2 Å². The molecule has 0 spiro atoms. The van der Waals surface area contributed by atoms with E-state index in [1.54, 1.807) is 0 Å². The van der Waals surface area contributed by atoms with Crippen molar-refractivity contribution in [1.82, 2.24) is 0 Å². The van der Waals surface area contributed by atoms with E-state index in [1.807, 2.05) is 0 Å². The maximum Gasteiger partial charge on any atom is 0.161 e. The van der Waals surface area contributed by atoms with E-state index in [1.165, 1.54) is 11.1 Å². The topological polar surface area (TPSA) is 58.9 Å². The molecule has 0 amide bonds. The minimum absolute atomic E-state index is 0.240. The Bertz CT molecular complexity index is 378. The molecule has 0 radical (unpaired) electrons. The first kappa shape index (κ1) is 15.1. The lowest BCUT2D eigenvalue weighted by Gasteiger charge is -2.21. The van der Waals surface area contributed by atoms with Crippen LogP contribution in [0.3, 0.4) is 0 Å². The highest BCUT2D eigenvalue weighted by Gasteiger charge is 2.15. The normalized spacial score (nSPS) is 13.5. The predicted octanol–water partition coefficient (Wildman–Crippen LogP) is 2.09. The van der Waals surface area contributed by atoms with Gasteiger partial charge in [0.25, 0.3) is 0 Å². The number of hydrogen-bond donors (Lipinski definition) is 2. The largest absolute Gasteiger partial charge is 0.486 e. The van der Waals surface area contributed by atoms with Gasteiger partial charge in [-0.2, -0.15) is 0 Å². The van der Waals surface area contributed by atoms with Gasteiger partial charge in [-0.3, -0.25) is 0 Å². The van der Waals surface area contributed by atoms with Gasteiger partial charge in [0, 0.05) is 13.2 Å². The van der Waals surface area contributed by atoms with Crippen molar-refractivity contribution in [3.63, 3.8) is 0 Å². The first-order chi connectivity index (χ1) is 9.85. The fourth-order valence-electron chi connectivity index (χ4n) is 2.49. The van der Waals surface area contributed by atoms with E-state index < -0.39 is 0 Å². The minimum atomic E-state index is 0.240. The van der Waals surface area contributed by atoms with Gasteiger partial charge in [-0.05, 0) is 61.8 Å². The maximum atomic E-state index is 8.91. The number of hydrogen-bond acceptors (Lipinski definition) is 4. The van der Waals surface area contributed by atoms with E-state index in [9.17, 15) is 0 Å². The Morgan fingerprint density at radius 2 is 1.20 bits per heavy atom. The van der Waals surface area contributed by atoms with Crippen LogP contribution in [0.5, 0.6) is 11.5 Å². The molecule has 2 N–H and O–H groups in total. The predicted molar refractivity (Wildman–Crippen MR) is 77.5 cm³/mol. The number of ether oxygens (including phenoxy) is 2. The number of aliphatic hydroxyl groups excluding tert-OH is 2. The van der Waals surface area contributed by atoms with Gasteiger partial charge in [0.05, 0.1) is 0 Å². The number of aliphatic hydroxyl groups is 2. The smallest absolute Gasteiger partial charge is 0.161 e. The van der Waals surface area contributed by atoms with Crippen molar-refractivity contribution < 1.29 is 19.7 Å². The first-order valence-corrected chi connectivity index (χ1v) is 7.48. The maximum absolute atomic E-state index is 8.91. The number of fused-ring (bicyclic) bond motifs is 1. The zero-order chi connectivity index (χ0) is 14.2. The molecule has 1 aromatic rings. The Balaban J connectivity index is 2.11. The Morgan fingerprint density at radius 3 is 1.60 bits per heavy atom. The fraction of sp³-hybridized carbons (Fsp3) is 0.625. The molecule has 0 saturated heterocycles. The molecule has 0 fully saturated rings. The van der Waals surface area contributed by atoms with Gasteiger partial charge in [0.15, 0.2) is 11.5 Å². The van der Waals surface area contributed by atoms with Crippen LogP contribution in [0.25, 0.3) is 0 Å². The summed E-state index contributed by atoms with van der Waals surface area (Å²) in [5.74, 6) is 1.67. The lowest BCUT2D eigenvalue weighted by atomic mass is 9.97. The second-order valence-corrected chi connectivity index (χ2v) is 5.13. The summed E-state index contributed by atoms with van der Waals surface area (Å²) < 4.78 is 11.3. The molecule has 20 heavy (non-hydrogen) atoms. The summed E-state index contributed by atoms with van der Waals surface area (Å²) >= 11 is 0. The molecule has 4 heteroatoms.